The minimum absolute atomic E-state index is 0.0404. The van der Waals surface area contributed by atoms with Gasteiger partial charge in [0.1, 0.15) is 18.1 Å². The zero-order valence-corrected chi connectivity index (χ0v) is 14.7. The molecule has 2 aromatic carbocycles. The molecular formula is C18H19FN3O5+. The summed E-state index contributed by atoms with van der Waals surface area (Å²) in [6, 6.07) is 8.39. The molecule has 0 aliphatic carbocycles. The second-order valence-electron chi connectivity index (χ2n) is 6.33. The third-order valence-electron chi connectivity index (χ3n) is 4.07. The van der Waals surface area contributed by atoms with Crippen molar-refractivity contribution in [1.82, 2.24) is 0 Å². The van der Waals surface area contributed by atoms with Crippen molar-refractivity contribution in [3.63, 3.8) is 0 Å². The van der Waals surface area contributed by atoms with E-state index >= 15 is 0 Å². The molecule has 1 unspecified atom stereocenters. The summed E-state index contributed by atoms with van der Waals surface area (Å²) in [6.45, 7) is 0.822. The highest BCUT2D eigenvalue weighted by Gasteiger charge is 2.23. The number of rotatable bonds is 6. The first-order valence-electron chi connectivity index (χ1n) is 8.30. The summed E-state index contributed by atoms with van der Waals surface area (Å²) >= 11 is 0. The maximum atomic E-state index is 12.9. The number of quaternary nitrogens is 1. The number of fused-ring (bicyclic) bond motifs is 1. The molecule has 2 N–H and O–H groups in total. The zero-order chi connectivity index (χ0) is 19.4. The molecule has 0 bridgehead atoms. The Labute approximate surface area is 154 Å². The van der Waals surface area contributed by atoms with E-state index in [-0.39, 0.29) is 37.4 Å². The molecule has 1 amide bonds. The van der Waals surface area contributed by atoms with Gasteiger partial charge in [0.05, 0.1) is 24.1 Å². The molecule has 0 saturated carbocycles. The van der Waals surface area contributed by atoms with Crippen molar-refractivity contribution in [1.29, 1.82) is 0 Å². The highest BCUT2D eigenvalue weighted by molar-refractivity contribution is 5.91. The van der Waals surface area contributed by atoms with Gasteiger partial charge in [-0.05, 0) is 24.3 Å². The van der Waals surface area contributed by atoms with E-state index in [9.17, 15) is 19.3 Å². The fourth-order valence-corrected chi connectivity index (χ4v) is 2.92. The van der Waals surface area contributed by atoms with Gasteiger partial charge in [0.2, 0.25) is 0 Å². The molecule has 27 heavy (non-hydrogen) atoms. The second kappa shape index (κ2) is 8.11. The zero-order valence-electron chi connectivity index (χ0n) is 14.7. The summed E-state index contributed by atoms with van der Waals surface area (Å²) in [7, 11) is 1.80. The number of ether oxygens (including phenoxy) is 2. The molecule has 0 saturated heterocycles. The number of likely N-dealkylation sites (N-methyl/N-ethyl adjacent to an activating group) is 1. The van der Waals surface area contributed by atoms with Gasteiger partial charge < -0.3 is 19.7 Å². The van der Waals surface area contributed by atoms with Gasteiger partial charge in [-0.15, -0.1) is 0 Å². The number of hydrogen-bond donors (Lipinski definition) is 2. The minimum Gasteiger partial charge on any atom is -0.467 e. The van der Waals surface area contributed by atoms with Crippen LogP contribution in [0, 0.1) is 15.9 Å². The monoisotopic (exact) mass is 376 g/mol. The van der Waals surface area contributed by atoms with Gasteiger partial charge in [-0.25, -0.2) is 4.39 Å². The van der Waals surface area contributed by atoms with Gasteiger partial charge >= 0.3 is 0 Å². The van der Waals surface area contributed by atoms with Crippen LogP contribution in [0.4, 0.5) is 15.8 Å². The van der Waals surface area contributed by atoms with Crippen LogP contribution < -0.4 is 15.0 Å². The second-order valence-corrected chi connectivity index (χ2v) is 6.33. The highest BCUT2D eigenvalue weighted by atomic mass is 19.1. The fraction of sp³-hybridized carbons (Fsp3) is 0.278. The van der Waals surface area contributed by atoms with Crippen molar-refractivity contribution in [2.24, 2.45) is 0 Å². The SMILES string of the molecule is C[NH+](CC(=O)Nc1ccc(F)cc1)Cc1cc([N+](=O)[O-])cc2c1OCOC2. The Hall–Kier alpha value is -3.04. The largest absolute Gasteiger partial charge is 0.467 e. The van der Waals surface area contributed by atoms with E-state index < -0.39 is 4.92 Å². The van der Waals surface area contributed by atoms with Crippen LogP contribution in [0.1, 0.15) is 11.1 Å². The van der Waals surface area contributed by atoms with Gasteiger partial charge in [-0.1, -0.05) is 0 Å². The smallest absolute Gasteiger partial charge is 0.279 e. The maximum absolute atomic E-state index is 12.9. The molecule has 2 aromatic rings. The summed E-state index contributed by atoms with van der Waals surface area (Å²) in [6.07, 6.45) is 0. The standard InChI is InChI=1S/C18H18FN3O5/c1-21(9-17(23)20-15-4-2-14(19)3-5-15)8-12-6-16(22(24)25)7-13-10-26-11-27-18(12)13/h2-7H,8-11H2,1H3,(H,20,23)/p+1. The lowest BCUT2D eigenvalue weighted by Gasteiger charge is -2.22. The van der Waals surface area contributed by atoms with E-state index in [1.165, 1.54) is 36.4 Å². The molecule has 142 valence electrons. The molecule has 0 spiro atoms. The Balaban J connectivity index is 1.68. The highest BCUT2D eigenvalue weighted by Crippen LogP contribution is 2.32. The van der Waals surface area contributed by atoms with E-state index in [1.807, 2.05) is 0 Å². The van der Waals surface area contributed by atoms with E-state index in [4.69, 9.17) is 9.47 Å². The lowest BCUT2D eigenvalue weighted by Crippen LogP contribution is -3.08. The molecule has 1 aliphatic rings. The lowest BCUT2D eigenvalue weighted by atomic mass is 10.1. The normalized spacial score (nSPS) is 14.0. The number of benzene rings is 2. The Kier molecular flexibility index (Phi) is 5.63. The predicted molar refractivity (Wildman–Crippen MR) is 93.9 cm³/mol. The number of nitrogens with zero attached hydrogens (tertiary/aromatic N) is 1. The number of carbonyl (C=O) groups is 1. The van der Waals surface area contributed by atoms with Gasteiger partial charge in [0, 0.05) is 23.4 Å². The molecule has 3 rings (SSSR count). The first-order chi connectivity index (χ1) is 12.9. The van der Waals surface area contributed by atoms with Crippen LogP contribution in [0.25, 0.3) is 0 Å². The van der Waals surface area contributed by atoms with Crippen LogP contribution in [0.3, 0.4) is 0 Å². The fourth-order valence-electron chi connectivity index (χ4n) is 2.92. The number of halogens is 1. The molecule has 1 aliphatic heterocycles. The van der Waals surface area contributed by atoms with Gasteiger partial charge in [-0.2, -0.15) is 0 Å². The van der Waals surface area contributed by atoms with E-state index in [0.29, 0.717) is 29.1 Å². The van der Waals surface area contributed by atoms with E-state index in [0.717, 1.165) is 4.90 Å². The topological polar surface area (TPSA) is 95.1 Å². The van der Waals surface area contributed by atoms with Gasteiger partial charge in [0.15, 0.2) is 13.3 Å². The van der Waals surface area contributed by atoms with Crippen LogP contribution in [0.15, 0.2) is 36.4 Å². The Morgan fingerprint density at radius 3 is 2.78 bits per heavy atom. The maximum Gasteiger partial charge on any atom is 0.279 e. The number of hydrogen-bond acceptors (Lipinski definition) is 5. The Bertz CT molecular complexity index is 857. The average molecular weight is 376 g/mol. The quantitative estimate of drug-likeness (QED) is 0.585. The van der Waals surface area contributed by atoms with Crippen molar-refractivity contribution in [3.8, 4) is 5.75 Å². The molecule has 1 heterocycles. The van der Waals surface area contributed by atoms with Gasteiger partial charge in [-0.3, -0.25) is 14.9 Å². The third kappa shape index (κ3) is 4.78. The number of amides is 1. The molecule has 0 radical (unpaired) electrons. The lowest BCUT2D eigenvalue weighted by molar-refractivity contribution is -0.885. The van der Waals surface area contributed by atoms with Crippen LogP contribution >= 0.6 is 0 Å². The molecule has 0 fully saturated rings. The Morgan fingerprint density at radius 2 is 2.07 bits per heavy atom. The number of non-ortho nitro benzene ring substituents is 1. The number of carbonyl (C=O) groups excluding carboxylic acids is 1. The third-order valence-corrected chi connectivity index (χ3v) is 4.07. The van der Waals surface area contributed by atoms with Crippen LogP contribution in [-0.2, 0) is 22.7 Å². The number of nitrogens with one attached hydrogen (secondary N) is 2. The number of nitro groups is 1. The number of anilines is 1. The molecule has 0 aromatic heterocycles. The van der Waals surface area contributed by atoms with Crippen LogP contribution in [0.2, 0.25) is 0 Å². The van der Waals surface area contributed by atoms with Gasteiger partial charge in [0.25, 0.3) is 11.6 Å². The van der Waals surface area contributed by atoms with E-state index in [1.54, 1.807) is 7.05 Å². The molecule has 8 nitrogen and oxygen atoms in total. The van der Waals surface area contributed by atoms with Crippen molar-refractivity contribution in [2.75, 3.05) is 25.7 Å². The van der Waals surface area contributed by atoms with Crippen molar-refractivity contribution in [2.45, 2.75) is 13.2 Å². The average Bonchev–Trinajstić information content (AvgIpc) is 2.63. The van der Waals surface area contributed by atoms with Crippen molar-refractivity contribution < 1.29 is 28.5 Å². The predicted octanol–water partition coefficient (Wildman–Crippen LogP) is 1.25. The summed E-state index contributed by atoms with van der Waals surface area (Å²) < 4.78 is 23.6. The first-order valence-corrected chi connectivity index (χ1v) is 8.30. The summed E-state index contributed by atoms with van der Waals surface area (Å²) in [5.41, 5.74) is 1.73. The Morgan fingerprint density at radius 1 is 1.33 bits per heavy atom. The molecule has 9 heteroatoms. The summed E-state index contributed by atoms with van der Waals surface area (Å²) in [5, 5.41) is 13.8. The first kappa shape index (κ1) is 18.7. The number of nitro benzene ring substituents is 1. The summed E-state index contributed by atoms with van der Waals surface area (Å²) in [5.74, 6) is -0.0528. The van der Waals surface area contributed by atoms with Crippen molar-refractivity contribution in [3.05, 3.63) is 63.5 Å². The van der Waals surface area contributed by atoms with Crippen molar-refractivity contribution >= 4 is 17.3 Å². The molecular weight excluding hydrogens is 357 g/mol. The minimum atomic E-state index is -0.463. The molecule has 1 atom stereocenters. The van der Waals surface area contributed by atoms with Crippen LogP contribution in [0.5, 0.6) is 5.75 Å². The summed E-state index contributed by atoms with van der Waals surface area (Å²) in [4.78, 5) is 23.7. The van der Waals surface area contributed by atoms with E-state index in [2.05, 4.69) is 5.32 Å². The van der Waals surface area contributed by atoms with Crippen LogP contribution in [-0.4, -0.2) is 31.2 Å².